The number of terminal acetylenes is 1. The Morgan fingerprint density at radius 3 is 2.46 bits per heavy atom. The van der Waals surface area contributed by atoms with Crippen LogP contribution in [0.25, 0.3) is 0 Å². The van der Waals surface area contributed by atoms with E-state index in [-0.39, 0.29) is 5.92 Å². The second-order valence-electron chi connectivity index (χ2n) is 3.34. The highest BCUT2D eigenvalue weighted by molar-refractivity contribution is 5.55. The first-order valence-electron chi connectivity index (χ1n) is 4.39. The van der Waals surface area contributed by atoms with Crippen LogP contribution in [0.4, 0.5) is 5.69 Å². The van der Waals surface area contributed by atoms with Gasteiger partial charge in [0.15, 0.2) is 0 Å². The smallest absolute Gasteiger partial charge is 0.0441 e. The highest BCUT2D eigenvalue weighted by atomic mass is 15.1. The van der Waals surface area contributed by atoms with E-state index in [4.69, 9.17) is 6.42 Å². The molecule has 0 bridgehead atoms. The van der Waals surface area contributed by atoms with Gasteiger partial charge in [0.2, 0.25) is 0 Å². The molecule has 1 rings (SSSR count). The van der Waals surface area contributed by atoms with Crippen molar-refractivity contribution in [3.63, 3.8) is 0 Å². The average Bonchev–Trinajstić information content (AvgIpc) is 2.16. The van der Waals surface area contributed by atoms with E-state index in [2.05, 4.69) is 23.0 Å². The molecule has 1 unspecified atom stereocenters. The number of nitrogens with zero attached hydrogens (tertiary/aromatic N) is 1. The molecule has 0 aliphatic rings. The summed E-state index contributed by atoms with van der Waals surface area (Å²) < 4.78 is 0. The fourth-order valence-electron chi connectivity index (χ4n) is 1.35. The number of para-hydroxylation sites is 1. The summed E-state index contributed by atoms with van der Waals surface area (Å²) >= 11 is 0. The van der Waals surface area contributed by atoms with E-state index in [9.17, 15) is 0 Å². The van der Waals surface area contributed by atoms with Crippen LogP contribution in [0.1, 0.15) is 18.4 Å². The second kappa shape index (κ2) is 4.00. The Bertz CT molecular complexity index is 320. The topological polar surface area (TPSA) is 3.24 Å². The molecule has 0 spiro atoms. The third-order valence-electron chi connectivity index (χ3n) is 2.14. The predicted octanol–water partition coefficient (Wildman–Crippen LogP) is 2.49. The van der Waals surface area contributed by atoms with E-state index in [1.54, 1.807) is 0 Å². The largest absolute Gasteiger partial charge is 0.377 e. The molecule has 0 saturated heterocycles. The van der Waals surface area contributed by atoms with Gasteiger partial charge in [0, 0.05) is 25.7 Å². The normalized spacial score (nSPS) is 11.8. The molecule has 1 aromatic carbocycles. The second-order valence-corrected chi connectivity index (χ2v) is 3.34. The summed E-state index contributed by atoms with van der Waals surface area (Å²) in [6, 6.07) is 8.22. The lowest BCUT2D eigenvalue weighted by atomic mass is 10.00. The van der Waals surface area contributed by atoms with Gasteiger partial charge in [0.25, 0.3) is 0 Å². The number of anilines is 1. The van der Waals surface area contributed by atoms with Crippen LogP contribution in [0, 0.1) is 12.3 Å². The van der Waals surface area contributed by atoms with Crippen LogP contribution in [0.15, 0.2) is 24.3 Å². The van der Waals surface area contributed by atoms with E-state index >= 15 is 0 Å². The van der Waals surface area contributed by atoms with Crippen molar-refractivity contribution in [2.75, 3.05) is 19.0 Å². The Morgan fingerprint density at radius 2 is 1.92 bits per heavy atom. The van der Waals surface area contributed by atoms with Crippen LogP contribution >= 0.6 is 0 Å². The summed E-state index contributed by atoms with van der Waals surface area (Å²) in [5.74, 6) is 2.93. The van der Waals surface area contributed by atoms with Gasteiger partial charge >= 0.3 is 0 Å². The van der Waals surface area contributed by atoms with Crippen molar-refractivity contribution < 1.29 is 0 Å². The van der Waals surface area contributed by atoms with Gasteiger partial charge in [0.1, 0.15) is 0 Å². The van der Waals surface area contributed by atoms with Crippen LogP contribution in [0.5, 0.6) is 0 Å². The zero-order valence-corrected chi connectivity index (χ0v) is 8.41. The zero-order valence-electron chi connectivity index (χ0n) is 8.41. The van der Waals surface area contributed by atoms with Crippen LogP contribution < -0.4 is 4.90 Å². The lowest BCUT2D eigenvalue weighted by molar-refractivity contribution is 0.979. The summed E-state index contributed by atoms with van der Waals surface area (Å²) in [5, 5.41) is 0. The van der Waals surface area contributed by atoms with Gasteiger partial charge in [-0.1, -0.05) is 24.1 Å². The molecule has 0 heterocycles. The van der Waals surface area contributed by atoms with Crippen molar-refractivity contribution in [1.29, 1.82) is 0 Å². The van der Waals surface area contributed by atoms with Crippen LogP contribution in [-0.2, 0) is 0 Å². The van der Waals surface area contributed by atoms with Gasteiger partial charge in [-0.05, 0) is 18.6 Å². The molecule has 0 aromatic heterocycles. The van der Waals surface area contributed by atoms with Gasteiger partial charge in [0.05, 0.1) is 0 Å². The Balaban J connectivity index is 3.13. The summed E-state index contributed by atoms with van der Waals surface area (Å²) in [6.45, 7) is 2.04. The summed E-state index contributed by atoms with van der Waals surface area (Å²) in [6.07, 6.45) is 5.40. The van der Waals surface area contributed by atoms with Crippen LogP contribution in [-0.4, -0.2) is 14.1 Å². The number of hydrogen-bond acceptors (Lipinski definition) is 1. The van der Waals surface area contributed by atoms with E-state index < -0.39 is 0 Å². The maximum atomic E-state index is 5.40. The molecule has 0 fully saturated rings. The van der Waals surface area contributed by atoms with Gasteiger partial charge in [-0.3, -0.25) is 0 Å². The highest BCUT2D eigenvalue weighted by Crippen LogP contribution is 2.25. The van der Waals surface area contributed by atoms with Gasteiger partial charge in [-0.2, -0.15) is 0 Å². The third kappa shape index (κ3) is 2.03. The highest BCUT2D eigenvalue weighted by Gasteiger charge is 2.07. The molecule has 13 heavy (non-hydrogen) atoms. The molecule has 1 atom stereocenters. The molecule has 1 heteroatoms. The average molecular weight is 173 g/mol. The SMILES string of the molecule is C#CC(C)c1ccccc1N(C)C. The maximum Gasteiger partial charge on any atom is 0.0441 e. The summed E-state index contributed by atoms with van der Waals surface area (Å²) in [5.41, 5.74) is 2.42. The van der Waals surface area contributed by atoms with Crippen molar-refractivity contribution in [1.82, 2.24) is 0 Å². The van der Waals surface area contributed by atoms with Gasteiger partial charge < -0.3 is 4.90 Å². The molecule has 0 amide bonds. The number of rotatable bonds is 2. The standard InChI is InChI=1S/C12H15N/c1-5-10(2)11-8-6-7-9-12(11)13(3)4/h1,6-10H,2-4H3. The quantitative estimate of drug-likeness (QED) is 0.621. The maximum absolute atomic E-state index is 5.40. The Labute approximate surface area is 80.4 Å². The van der Waals surface area contributed by atoms with E-state index in [1.807, 2.05) is 33.2 Å². The van der Waals surface area contributed by atoms with Crippen molar-refractivity contribution >= 4 is 5.69 Å². The Kier molecular flexibility index (Phi) is 2.97. The monoisotopic (exact) mass is 173 g/mol. The first-order valence-corrected chi connectivity index (χ1v) is 4.39. The molecule has 0 aliphatic carbocycles. The third-order valence-corrected chi connectivity index (χ3v) is 2.14. The minimum atomic E-state index is 0.179. The number of hydrogen-bond donors (Lipinski definition) is 0. The summed E-state index contributed by atoms with van der Waals surface area (Å²) in [7, 11) is 4.06. The lowest BCUT2D eigenvalue weighted by Crippen LogP contribution is -2.11. The Hall–Kier alpha value is -1.42. The van der Waals surface area contributed by atoms with Gasteiger partial charge in [-0.25, -0.2) is 0 Å². The molecule has 68 valence electrons. The first kappa shape index (κ1) is 9.67. The fraction of sp³-hybridized carbons (Fsp3) is 0.333. The van der Waals surface area contributed by atoms with Gasteiger partial charge in [-0.15, -0.1) is 6.42 Å². The molecule has 1 nitrogen and oxygen atoms in total. The Morgan fingerprint density at radius 1 is 1.31 bits per heavy atom. The number of benzene rings is 1. The van der Waals surface area contributed by atoms with Crippen LogP contribution in [0.2, 0.25) is 0 Å². The fourth-order valence-corrected chi connectivity index (χ4v) is 1.35. The van der Waals surface area contributed by atoms with E-state index in [1.165, 1.54) is 11.3 Å². The van der Waals surface area contributed by atoms with Crippen molar-refractivity contribution in [3.05, 3.63) is 29.8 Å². The van der Waals surface area contributed by atoms with Crippen LogP contribution in [0.3, 0.4) is 0 Å². The van der Waals surface area contributed by atoms with E-state index in [0.717, 1.165) is 0 Å². The van der Waals surface area contributed by atoms with Crippen molar-refractivity contribution in [3.8, 4) is 12.3 Å². The summed E-state index contributed by atoms with van der Waals surface area (Å²) in [4.78, 5) is 2.09. The predicted molar refractivity (Wildman–Crippen MR) is 58.0 cm³/mol. The molecule has 1 aromatic rings. The molecular formula is C12H15N. The van der Waals surface area contributed by atoms with Crippen molar-refractivity contribution in [2.24, 2.45) is 0 Å². The first-order chi connectivity index (χ1) is 6.16. The minimum absolute atomic E-state index is 0.179. The molecule has 0 radical (unpaired) electrons. The minimum Gasteiger partial charge on any atom is -0.377 e. The zero-order chi connectivity index (χ0) is 9.84. The lowest BCUT2D eigenvalue weighted by Gasteiger charge is -2.18. The molecule has 0 N–H and O–H groups in total. The molecule has 0 saturated carbocycles. The molecular weight excluding hydrogens is 158 g/mol. The van der Waals surface area contributed by atoms with E-state index in [0.29, 0.717) is 0 Å². The van der Waals surface area contributed by atoms with Crippen molar-refractivity contribution in [2.45, 2.75) is 12.8 Å². The molecule has 0 aliphatic heterocycles.